The average molecular weight is 446 g/mol. The SMILES string of the molecule is O=C1CCC(N2C(=O)c3cccc(CN4CC(S(=O)(=O)C5CNC5)C4)c3C2=O)C(=O)N1. The fourth-order valence-electron chi connectivity index (χ4n) is 4.58. The molecule has 0 aliphatic carbocycles. The summed E-state index contributed by atoms with van der Waals surface area (Å²) < 4.78 is 25.0. The first-order valence-electron chi connectivity index (χ1n) is 10.3. The van der Waals surface area contributed by atoms with E-state index >= 15 is 0 Å². The van der Waals surface area contributed by atoms with Crippen LogP contribution in [0.4, 0.5) is 0 Å². The molecule has 4 aliphatic heterocycles. The molecule has 5 rings (SSSR count). The molecule has 0 radical (unpaired) electrons. The van der Waals surface area contributed by atoms with Crippen LogP contribution >= 0.6 is 0 Å². The predicted molar refractivity (Wildman–Crippen MR) is 108 cm³/mol. The Kier molecular flexibility index (Phi) is 4.72. The molecule has 4 heterocycles. The lowest BCUT2D eigenvalue weighted by Gasteiger charge is -2.42. The summed E-state index contributed by atoms with van der Waals surface area (Å²) in [5, 5.41) is 4.44. The molecule has 164 valence electrons. The quantitative estimate of drug-likeness (QED) is 0.531. The van der Waals surface area contributed by atoms with E-state index in [4.69, 9.17) is 0 Å². The summed E-state index contributed by atoms with van der Waals surface area (Å²) >= 11 is 0. The number of fused-ring (bicyclic) bond motifs is 1. The van der Waals surface area contributed by atoms with Gasteiger partial charge in [0, 0.05) is 39.1 Å². The number of nitrogens with zero attached hydrogens (tertiary/aromatic N) is 2. The number of imide groups is 2. The maximum absolute atomic E-state index is 13.1. The van der Waals surface area contributed by atoms with Gasteiger partial charge in [-0.05, 0) is 18.1 Å². The van der Waals surface area contributed by atoms with Gasteiger partial charge in [0.25, 0.3) is 11.8 Å². The third kappa shape index (κ3) is 3.19. The van der Waals surface area contributed by atoms with Crippen LogP contribution in [0.25, 0.3) is 0 Å². The lowest BCUT2D eigenvalue weighted by Crippen LogP contribution is -2.62. The molecule has 11 heteroatoms. The second-order valence-electron chi connectivity index (χ2n) is 8.47. The van der Waals surface area contributed by atoms with Gasteiger partial charge in [0.15, 0.2) is 9.84 Å². The summed E-state index contributed by atoms with van der Waals surface area (Å²) in [6, 6.07) is 3.97. The third-order valence-corrected chi connectivity index (χ3v) is 9.04. The molecule has 4 amide bonds. The zero-order valence-corrected chi connectivity index (χ0v) is 17.5. The fraction of sp³-hybridized carbons (Fsp3) is 0.500. The molecule has 0 saturated carbocycles. The number of carbonyl (C=O) groups is 4. The number of benzene rings is 1. The minimum Gasteiger partial charge on any atom is -0.314 e. The van der Waals surface area contributed by atoms with Crippen molar-refractivity contribution in [3.63, 3.8) is 0 Å². The van der Waals surface area contributed by atoms with Crippen molar-refractivity contribution in [2.24, 2.45) is 0 Å². The van der Waals surface area contributed by atoms with Crippen LogP contribution in [0.3, 0.4) is 0 Å². The Morgan fingerprint density at radius 3 is 2.39 bits per heavy atom. The maximum atomic E-state index is 13.1. The summed E-state index contributed by atoms with van der Waals surface area (Å²) in [4.78, 5) is 52.5. The molecule has 0 bridgehead atoms. The summed E-state index contributed by atoms with van der Waals surface area (Å²) in [6.45, 7) is 2.12. The van der Waals surface area contributed by atoms with Gasteiger partial charge < -0.3 is 5.32 Å². The lowest BCUT2D eigenvalue weighted by molar-refractivity contribution is -0.136. The zero-order chi connectivity index (χ0) is 21.9. The highest BCUT2D eigenvalue weighted by atomic mass is 32.2. The van der Waals surface area contributed by atoms with Crippen LogP contribution in [-0.2, 0) is 26.0 Å². The first-order chi connectivity index (χ1) is 14.8. The van der Waals surface area contributed by atoms with E-state index in [-0.39, 0.29) is 29.2 Å². The highest BCUT2D eigenvalue weighted by molar-refractivity contribution is 7.92. The van der Waals surface area contributed by atoms with Crippen molar-refractivity contribution < 1.29 is 27.6 Å². The number of piperidine rings is 1. The highest BCUT2D eigenvalue weighted by Gasteiger charge is 2.47. The van der Waals surface area contributed by atoms with Gasteiger partial charge in [-0.1, -0.05) is 12.1 Å². The Hall–Kier alpha value is -2.63. The standard InChI is InChI=1S/C20H22N4O6S/c25-16-5-4-15(18(26)22-16)24-19(27)14-3-1-2-11(17(14)20(24)28)8-23-9-13(10-23)31(29,30)12-6-21-7-12/h1-3,12-13,15,21H,4-10H2,(H,22,25,26). The van der Waals surface area contributed by atoms with E-state index in [0.29, 0.717) is 38.3 Å². The van der Waals surface area contributed by atoms with Gasteiger partial charge in [0.2, 0.25) is 11.8 Å². The molecule has 3 saturated heterocycles. The first kappa shape index (κ1) is 20.3. The van der Waals surface area contributed by atoms with Crippen molar-refractivity contribution in [3.8, 4) is 0 Å². The Balaban J connectivity index is 1.32. The third-order valence-electron chi connectivity index (χ3n) is 6.55. The van der Waals surface area contributed by atoms with E-state index in [1.165, 1.54) is 0 Å². The topological polar surface area (TPSA) is 133 Å². The van der Waals surface area contributed by atoms with Crippen LogP contribution < -0.4 is 10.6 Å². The molecule has 1 aromatic carbocycles. The van der Waals surface area contributed by atoms with E-state index in [0.717, 1.165) is 4.90 Å². The Morgan fingerprint density at radius 1 is 1.00 bits per heavy atom. The number of carbonyl (C=O) groups excluding carboxylic acids is 4. The summed E-state index contributed by atoms with van der Waals surface area (Å²) in [6.07, 6.45) is 0.171. The van der Waals surface area contributed by atoms with Gasteiger partial charge in [-0.2, -0.15) is 0 Å². The smallest absolute Gasteiger partial charge is 0.262 e. The molecule has 31 heavy (non-hydrogen) atoms. The van der Waals surface area contributed by atoms with Gasteiger partial charge in [-0.25, -0.2) is 8.42 Å². The predicted octanol–water partition coefficient (Wildman–Crippen LogP) is -1.34. The van der Waals surface area contributed by atoms with E-state index in [1.807, 2.05) is 4.90 Å². The molecule has 10 nitrogen and oxygen atoms in total. The van der Waals surface area contributed by atoms with Crippen LogP contribution in [0.5, 0.6) is 0 Å². The van der Waals surface area contributed by atoms with E-state index < -0.39 is 44.8 Å². The lowest BCUT2D eigenvalue weighted by atomic mass is 10.0. The summed E-state index contributed by atoms with van der Waals surface area (Å²) in [7, 11) is -3.16. The number of likely N-dealkylation sites (tertiary alicyclic amines) is 1. The van der Waals surface area contributed by atoms with E-state index in [2.05, 4.69) is 10.6 Å². The maximum Gasteiger partial charge on any atom is 0.262 e. The fourth-order valence-corrected chi connectivity index (χ4v) is 6.67. The summed E-state index contributed by atoms with van der Waals surface area (Å²) in [5.74, 6) is -2.15. The number of hydrogen-bond donors (Lipinski definition) is 2. The van der Waals surface area contributed by atoms with Crippen LogP contribution in [0.2, 0.25) is 0 Å². The van der Waals surface area contributed by atoms with E-state index in [9.17, 15) is 27.6 Å². The van der Waals surface area contributed by atoms with Gasteiger partial charge >= 0.3 is 0 Å². The molecule has 3 fully saturated rings. The van der Waals surface area contributed by atoms with Crippen LogP contribution in [0.1, 0.15) is 39.1 Å². The summed E-state index contributed by atoms with van der Waals surface area (Å²) in [5.41, 5.74) is 1.12. The highest BCUT2D eigenvalue weighted by Crippen LogP contribution is 2.32. The molecule has 0 aromatic heterocycles. The molecule has 2 N–H and O–H groups in total. The minimum absolute atomic E-state index is 0.0663. The first-order valence-corrected chi connectivity index (χ1v) is 11.9. The Bertz CT molecular complexity index is 1110. The zero-order valence-electron chi connectivity index (χ0n) is 16.7. The van der Waals surface area contributed by atoms with Crippen LogP contribution in [0, 0.1) is 0 Å². The number of sulfone groups is 1. The average Bonchev–Trinajstić information content (AvgIpc) is 2.88. The van der Waals surface area contributed by atoms with Crippen molar-refractivity contribution in [1.82, 2.24) is 20.4 Å². The van der Waals surface area contributed by atoms with Crippen molar-refractivity contribution in [2.75, 3.05) is 26.2 Å². The van der Waals surface area contributed by atoms with Crippen LogP contribution in [0.15, 0.2) is 18.2 Å². The van der Waals surface area contributed by atoms with E-state index in [1.54, 1.807) is 18.2 Å². The van der Waals surface area contributed by atoms with Crippen molar-refractivity contribution in [2.45, 2.75) is 35.9 Å². The molecular weight excluding hydrogens is 424 g/mol. The normalized spacial score (nSPS) is 25.3. The van der Waals surface area contributed by atoms with Crippen molar-refractivity contribution in [1.29, 1.82) is 0 Å². The van der Waals surface area contributed by atoms with Crippen molar-refractivity contribution >= 4 is 33.5 Å². The minimum atomic E-state index is -3.16. The van der Waals surface area contributed by atoms with Crippen LogP contribution in [-0.4, -0.2) is 84.6 Å². The number of hydrogen-bond acceptors (Lipinski definition) is 8. The molecule has 1 unspecified atom stereocenters. The largest absolute Gasteiger partial charge is 0.314 e. The molecular formula is C20H22N4O6S. The molecule has 0 spiro atoms. The van der Waals surface area contributed by atoms with Gasteiger partial charge in [-0.3, -0.25) is 34.3 Å². The Labute approximate surface area is 178 Å². The molecule has 4 aliphatic rings. The second-order valence-corrected chi connectivity index (χ2v) is 11.0. The van der Waals surface area contributed by atoms with Crippen molar-refractivity contribution in [3.05, 3.63) is 34.9 Å². The second kappa shape index (κ2) is 7.21. The Morgan fingerprint density at radius 2 is 1.74 bits per heavy atom. The number of nitrogens with one attached hydrogen (secondary N) is 2. The van der Waals surface area contributed by atoms with Gasteiger partial charge in [0.1, 0.15) is 6.04 Å². The molecule has 1 atom stereocenters. The van der Waals surface area contributed by atoms with Gasteiger partial charge in [-0.15, -0.1) is 0 Å². The number of amides is 4. The number of rotatable bonds is 5. The van der Waals surface area contributed by atoms with Gasteiger partial charge in [0.05, 0.1) is 21.6 Å². The monoisotopic (exact) mass is 446 g/mol. The molecule has 1 aromatic rings.